The number of fused-ring (bicyclic) bond motifs is 1. The van der Waals surface area contributed by atoms with Crippen molar-refractivity contribution in [3.05, 3.63) is 70.9 Å². The van der Waals surface area contributed by atoms with E-state index in [1.165, 1.54) is 32.2 Å². The number of sulfone groups is 1. The van der Waals surface area contributed by atoms with Gasteiger partial charge < -0.3 is 4.74 Å². The molecule has 0 N–H and O–H groups in total. The summed E-state index contributed by atoms with van der Waals surface area (Å²) in [4.78, 5) is 4.13. The summed E-state index contributed by atoms with van der Waals surface area (Å²) in [6, 6.07) is 11.8. The zero-order valence-electron chi connectivity index (χ0n) is 16.8. The van der Waals surface area contributed by atoms with E-state index in [0.717, 1.165) is 10.7 Å². The van der Waals surface area contributed by atoms with Crippen molar-refractivity contribution in [2.45, 2.75) is 29.3 Å². The molecule has 2 aromatic carbocycles. The van der Waals surface area contributed by atoms with Crippen LogP contribution in [0.25, 0.3) is 0 Å². The number of benzene rings is 2. The summed E-state index contributed by atoms with van der Waals surface area (Å²) < 4.78 is 73.6. The lowest BCUT2D eigenvalue weighted by atomic mass is 10.00. The molecule has 4 rings (SSSR count). The summed E-state index contributed by atoms with van der Waals surface area (Å²) in [6.45, 7) is 1.48. The Balaban J connectivity index is 1.94. The lowest BCUT2D eigenvalue weighted by molar-refractivity contribution is -0.141. The molecule has 1 aromatic heterocycles. The summed E-state index contributed by atoms with van der Waals surface area (Å²) in [5.41, 5.74) is -0.575. The van der Waals surface area contributed by atoms with Gasteiger partial charge in [0.1, 0.15) is 17.0 Å². The molecule has 0 aliphatic carbocycles. The number of aliphatic imine (C=N–C) groups is 1. The molecule has 2 unspecified atom stereocenters. The Morgan fingerprint density at radius 2 is 1.78 bits per heavy atom. The highest BCUT2D eigenvalue weighted by Gasteiger charge is 2.45. The van der Waals surface area contributed by atoms with Crippen LogP contribution in [0.1, 0.15) is 24.2 Å². The van der Waals surface area contributed by atoms with Gasteiger partial charge in [-0.05, 0) is 42.8 Å². The SMILES string of the molecule is COc1cccc(S(=O)(=O)C2C(C)=Nc3cc(C(F)(F)F)nn3C2c2ccc(Cl)cc2)c1. The fourth-order valence-corrected chi connectivity index (χ4v) is 5.79. The van der Waals surface area contributed by atoms with Gasteiger partial charge in [-0.2, -0.15) is 18.3 Å². The standard InChI is InChI=1S/C21H17ClF3N3O3S/c1-12-20(32(29,30)16-5-3-4-15(10-16)31-2)19(13-6-8-14(22)9-7-13)28-18(26-12)11-17(27-28)21(23,24)25/h3-11,19-20H,1-2H3. The van der Waals surface area contributed by atoms with Crippen LogP contribution in [0, 0.1) is 0 Å². The topological polar surface area (TPSA) is 73.6 Å². The zero-order valence-corrected chi connectivity index (χ0v) is 18.4. The lowest BCUT2D eigenvalue weighted by Gasteiger charge is -2.31. The second-order valence-corrected chi connectivity index (χ2v) is 9.73. The third kappa shape index (κ3) is 3.88. The maximum atomic E-state index is 13.7. The molecule has 2 atom stereocenters. The summed E-state index contributed by atoms with van der Waals surface area (Å²) in [6.07, 6.45) is -4.71. The van der Waals surface area contributed by atoms with Crippen molar-refractivity contribution in [2.75, 3.05) is 7.11 Å². The van der Waals surface area contributed by atoms with Crippen LogP contribution in [0.2, 0.25) is 5.02 Å². The average molecular weight is 484 g/mol. The van der Waals surface area contributed by atoms with Crippen LogP contribution in [0.5, 0.6) is 5.75 Å². The third-order valence-corrected chi connectivity index (χ3v) is 7.61. The number of methoxy groups -OCH3 is 1. The molecule has 3 aromatic rings. The minimum atomic E-state index is -4.71. The van der Waals surface area contributed by atoms with E-state index in [1.807, 2.05) is 0 Å². The number of nitrogens with zero attached hydrogens (tertiary/aromatic N) is 3. The fraction of sp³-hybridized carbons (Fsp3) is 0.238. The molecular weight excluding hydrogens is 467 g/mol. The van der Waals surface area contributed by atoms with Crippen LogP contribution in [-0.2, 0) is 16.0 Å². The molecule has 0 fully saturated rings. The van der Waals surface area contributed by atoms with Crippen molar-refractivity contribution in [1.82, 2.24) is 9.78 Å². The molecule has 0 saturated carbocycles. The maximum absolute atomic E-state index is 13.7. The smallest absolute Gasteiger partial charge is 0.435 e. The summed E-state index contributed by atoms with van der Waals surface area (Å²) in [5, 5.41) is 2.79. The van der Waals surface area contributed by atoms with E-state index in [2.05, 4.69) is 10.1 Å². The maximum Gasteiger partial charge on any atom is 0.435 e. The van der Waals surface area contributed by atoms with Gasteiger partial charge in [-0.15, -0.1) is 0 Å². The predicted molar refractivity (Wildman–Crippen MR) is 114 cm³/mol. The summed E-state index contributed by atoms with van der Waals surface area (Å²) in [7, 11) is -2.70. The molecule has 0 bridgehead atoms. The normalized spacial score (nSPS) is 18.8. The highest BCUT2D eigenvalue weighted by atomic mass is 35.5. The molecule has 0 amide bonds. The molecule has 2 heterocycles. The Bertz CT molecular complexity index is 1300. The van der Waals surface area contributed by atoms with Crippen molar-refractivity contribution >= 4 is 33.0 Å². The molecule has 0 spiro atoms. The molecule has 168 valence electrons. The van der Waals surface area contributed by atoms with E-state index >= 15 is 0 Å². The number of rotatable bonds is 4. The van der Waals surface area contributed by atoms with Crippen molar-refractivity contribution in [2.24, 2.45) is 4.99 Å². The molecule has 0 radical (unpaired) electrons. The second kappa shape index (κ2) is 7.93. The number of ether oxygens (including phenoxy) is 1. The number of halogens is 4. The minimum Gasteiger partial charge on any atom is -0.497 e. The van der Waals surface area contributed by atoms with Crippen molar-refractivity contribution in [3.8, 4) is 5.75 Å². The van der Waals surface area contributed by atoms with Gasteiger partial charge in [-0.25, -0.2) is 18.1 Å². The monoisotopic (exact) mass is 483 g/mol. The van der Waals surface area contributed by atoms with Crippen molar-refractivity contribution in [3.63, 3.8) is 0 Å². The first kappa shape index (κ1) is 22.3. The van der Waals surface area contributed by atoms with Gasteiger partial charge in [0.05, 0.1) is 12.0 Å². The van der Waals surface area contributed by atoms with Gasteiger partial charge in [-0.3, -0.25) is 0 Å². The van der Waals surface area contributed by atoms with Gasteiger partial charge in [0.15, 0.2) is 21.3 Å². The number of alkyl halides is 3. The van der Waals surface area contributed by atoms with E-state index in [1.54, 1.807) is 30.3 Å². The Morgan fingerprint density at radius 1 is 1.09 bits per heavy atom. The highest BCUT2D eigenvalue weighted by Crippen LogP contribution is 2.41. The van der Waals surface area contributed by atoms with Crippen molar-refractivity contribution < 1.29 is 26.3 Å². The van der Waals surface area contributed by atoms with Crippen LogP contribution in [0.4, 0.5) is 19.0 Å². The van der Waals surface area contributed by atoms with Gasteiger partial charge in [0.25, 0.3) is 0 Å². The van der Waals surface area contributed by atoms with E-state index in [9.17, 15) is 21.6 Å². The van der Waals surface area contributed by atoms with Gasteiger partial charge in [0.2, 0.25) is 0 Å². The summed E-state index contributed by atoms with van der Waals surface area (Å²) in [5.74, 6) is 0.255. The van der Waals surface area contributed by atoms with Crippen LogP contribution in [-0.4, -0.2) is 36.3 Å². The van der Waals surface area contributed by atoms with E-state index < -0.39 is 33.0 Å². The predicted octanol–water partition coefficient (Wildman–Crippen LogP) is 5.10. The first-order valence-corrected chi connectivity index (χ1v) is 11.3. The highest BCUT2D eigenvalue weighted by molar-refractivity contribution is 7.93. The summed E-state index contributed by atoms with van der Waals surface area (Å²) >= 11 is 5.97. The second-order valence-electron chi connectivity index (χ2n) is 7.22. The third-order valence-electron chi connectivity index (χ3n) is 5.17. The van der Waals surface area contributed by atoms with Crippen LogP contribution < -0.4 is 4.74 Å². The lowest BCUT2D eigenvalue weighted by Crippen LogP contribution is -2.41. The van der Waals surface area contributed by atoms with Crippen LogP contribution in [0.15, 0.2) is 64.5 Å². The molecular formula is C21H17ClF3N3O3S. The van der Waals surface area contributed by atoms with Gasteiger partial charge in [0, 0.05) is 16.8 Å². The van der Waals surface area contributed by atoms with Gasteiger partial charge >= 0.3 is 6.18 Å². The average Bonchev–Trinajstić information content (AvgIpc) is 3.17. The first-order valence-electron chi connectivity index (χ1n) is 9.37. The van der Waals surface area contributed by atoms with Gasteiger partial charge in [-0.1, -0.05) is 29.8 Å². The van der Waals surface area contributed by atoms with Crippen molar-refractivity contribution in [1.29, 1.82) is 0 Å². The molecule has 6 nitrogen and oxygen atoms in total. The number of aromatic nitrogens is 2. The zero-order chi connectivity index (χ0) is 23.3. The Morgan fingerprint density at radius 3 is 2.41 bits per heavy atom. The van der Waals surface area contributed by atoms with E-state index in [-0.39, 0.29) is 16.4 Å². The van der Waals surface area contributed by atoms with E-state index in [4.69, 9.17) is 16.3 Å². The molecule has 1 aliphatic rings. The molecule has 32 heavy (non-hydrogen) atoms. The molecule has 11 heteroatoms. The Kier molecular flexibility index (Phi) is 5.54. The first-order chi connectivity index (χ1) is 15.0. The number of hydrogen-bond donors (Lipinski definition) is 0. The minimum absolute atomic E-state index is 0.0398. The largest absolute Gasteiger partial charge is 0.497 e. The van der Waals surface area contributed by atoms with E-state index in [0.29, 0.717) is 16.3 Å². The van der Waals surface area contributed by atoms with Crippen LogP contribution >= 0.6 is 11.6 Å². The fourth-order valence-electron chi connectivity index (χ4n) is 3.71. The van der Waals surface area contributed by atoms with Crippen LogP contribution in [0.3, 0.4) is 0 Å². The quantitative estimate of drug-likeness (QED) is 0.517. The molecule has 1 aliphatic heterocycles. The Hall–Kier alpha value is -2.85. The number of hydrogen-bond acceptors (Lipinski definition) is 5. The Labute approximate surface area is 187 Å². The molecule has 0 saturated heterocycles.